The minimum absolute atomic E-state index is 0.144. The van der Waals surface area contributed by atoms with Crippen molar-refractivity contribution in [2.24, 2.45) is 5.73 Å². The number of hydrogen-bond donors (Lipinski definition) is 1. The number of ketones is 1. The van der Waals surface area contributed by atoms with Gasteiger partial charge in [-0.3, -0.25) is 9.59 Å². The van der Waals surface area contributed by atoms with Gasteiger partial charge in [0.15, 0.2) is 12.4 Å². The fraction of sp³-hybridized carbons (Fsp3) is 0.333. The van der Waals surface area contributed by atoms with Gasteiger partial charge in [0.05, 0.1) is 0 Å². The topological polar surface area (TPSA) is 69.4 Å². The van der Waals surface area contributed by atoms with Gasteiger partial charge in [-0.05, 0) is 18.9 Å². The van der Waals surface area contributed by atoms with Gasteiger partial charge in [-0.25, -0.2) is 0 Å². The van der Waals surface area contributed by atoms with Crippen LogP contribution < -0.4 is 10.5 Å². The number of amides is 1. The number of carbonyl (C=O) groups is 2. The van der Waals surface area contributed by atoms with Gasteiger partial charge in [0, 0.05) is 17.5 Å². The first kappa shape index (κ1) is 10.7. The number of carbonyl (C=O) groups excluding carboxylic acids is 2. The number of primary amides is 1. The molecule has 0 saturated carbocycles. The molecule has 16 heavy (non-hydrogen) atoms. The maximum atomic E-state index is 11.6. The molecule has 84 valence electrons. The molecule has 4 heteroatoms. The lowest BCUT2D eigenvalue weighted by Crippen LogP contribution is -2.21. The lowest BCUT2D eigenvalue weighted by Gasteiger charge is -2.18. The van der Waals surface area contributed by atoms with Gasteiger partial charge < -0.3 is 10.5 Å². The van der Waals surface area contributed by atoms with Crippen LogP contribution in [0.4, 0.5) is 0 Å². The molecule has 1 aliphatic carbocycles. The summed E-state index contributed by atoms with van der Waals surface area (Å²) in [6, 6.07) is 5.33. The third-order valence-electron chi connectivity index (χ3n) is 2.63. The van der Waals surface area contributed by atoms with E-state index in [9.17, 15) is 9.59 Å². The third-order valence-corrected chi connectivity index (χ3v) is 2.63. The van der Waals surface area contributed by atoms with Crippen LogP contribution in [0.1, 0.15) is 28.8 Å². The van der Waals surface area contributed by atoms with E-state index in [0.717, 1.165) is 18.4 Å². The van der Waals surface area contributed by atoms with Crippen LogP contribution in [-0.4, -0.2) is 18.3 Å². The van der Waals surface area contributed by atoms with Crippen LogP contribution in [0.5, 0.6) is 5.75 Å². The number of fused-ring (bicyclic) bond motifs is 1. The Morgan fingerprint density at radius 2 is 2.19 bits per heavy atom. The predicted octanol–water partition coefficient (Wildman–Crippen LogP) is 1.07. The molecule has 1 aliphatic rings. The van der Waals surface area contributed by atoms with E-state index in [-0.39, 0.29) is 12.4 Å². The fourth-order valence-electron chi connectivity index (χ4n) is 1.93. The van der Waals surface area contributed by atoms with Crippen molar-refractivity contribution in [2.75, 3.05) is 6.61 Å². The van der Waals surface area contributed by atoms with Crippen LogP contribution in [0, 0.1) is 0 Å². The summed E-state index contributed by atoms with van der Waals surface area (Å²) < 4.78 is 5.29. The van der Waals surface area contributed by atoms with Crippen LogP contribution >= 0.6 is 0 Å². The Morgan fingerprint density at radius 3 is 2.94 bits per heavy atom. The zero-order valence-corrected chi connectivity index (χ0v) is 8.86. The van der Waals surface area contributed by atoms with Crippen LogP contribution in [0.3, 0.4) is 0 Å². The van der Waals surface area contributed by atoms with Crippen LogP contribution in [0.15, 0.2) is 18.2 Å². The van der Waals surface area contributed by atoms with Crippen molar-refractivity contribution in [1.29, 1.82) is 0 Å². The van der Waals surface area contributed by atoms with Gasteiger partial charge in [0.1, 0.15) is 5.75 Å². The minimum Gasteiger partial charge on any atom is -0.483 e. The lowest BCUT2D eigenvalue weighted by atomic mass is 9.90. The standard InChI is InChI=1S/C12H13NO3/c13-12(15)7-16-11-6-2-3-8-9(11)4-1-5-10(8)14/h2-3,6H,1,4-5,7H2,(H2,13,15). The Morgan fingerprint density at radius 1 is 1.38 bits per heavy atom. The van der Waals surface area contributed by atoms with Gasteiger partial charge >= 0.3 is 0 Å². The minimum atomic E-state index is -0.514. The van der Waals surface area contributed by atoms with Crippen molar-refractivity contribution in [3.8, 4) is 5.75 Å². The predicted molar refractivity (Wildman–Crippen MR) is 58.4 cm³/mol. The highest BCUT2D eigenvalue weighted by molar-refractivity contribution is 5.99. The molecule has 0 spiro atoms. The number of rotatable bonds is 3. The lowest BCUT2D eigenvalue weighted by molar-refractivity contribution is -0.119. The van der Waals surface area contributed by atoms with E-state index in [1.807, 2.05) is 0 Å². The molecule has 0 aliphatic heterocycles. The zero-order valence-electron chi connectivity index (χ0n) is 8.86. The molecule has 0 aromatic heterocycles. The first-order valence-electron chi connectivity index (χ1n) is 5.24. The van der Waals surface area contributed by atoms with Gasteiger partial charge in [-0.15, -0.1) is 0 Å². The summed E-state index contributed by atoms with van der Waals surface area (Å²) in [6.45, 7) is -0.148. The number of hydrogen-bond acceptors (Lipinski definition) is 3. The molecule has 0 unspecified atom stereocenters. The van der Waals surface area contributed by atoms with E-state index in [4.69, 9.17) is 10.5 Å². The average molecular weight is 219 g/mol. The summed E-state index contributed by atoms with van der Waals surface area (Å²) in [7, 11) is 0. The summed E-state index contributed by atoms with van der Waals surface area (Å²) in [6.07, 6.45) is 2.24. The fourth-order valence-corrected chi connectivity index (χ4v) is 1.93. The molecule has 1 aromatic rings. The highest BCUT2D eigenvalue weighted by atomic mass is 16.5. The molecule has 1 amide bonds. The zero-order chi connectivity index (χ0) is 11.5. The number of ether oxygens (including phenoxy) is 1. The molecule has 0 saturated heterocycles. The van der Waals surface area contributed by atoms with Crippen LogP contribution in [-0.2, 0) is 11.2 Å². The molecule has 0 atom stereocenters. The Labute approximate surface area is 93.4 Å². The average Bonchev–Trinajstić information content (AvgIpc) is 2.27. The van der Waals surface area contributed by atoms with Crippen LogP contribution in [0.2, 0.25) is 0 Å². The van der Waals surface area contributed by atoms with Crippen molar-refractivity contribution in [3.05, 3.63) is 29.3 Å². The second kappa shape index (κ2) is 4.35. The van der Waals surface area contributed by atoms with Gasteiger partial charge in [-0.2, -0.15) is 0 Å². The summed E-state index contributed by atoms with van der Waals surface area (Å²) in [5.41, 5.74) is 6.63. The Bertz CT molecular complexity index is 440. The SMILES string of the molecule is NC(=O)COc1cccc2c1CCCC2=O. The van der Waals surface area contributed by atoms with Crippen molar-refractivity contribution < 1.29 is 14.3 Å². The van der Waals surface area contributed by atoms with Gasteiger partial charge in [0.25, 0.3) is 5.91 Å². The maximum absolute atomic E-state index is 11.6. The number of nitrogens with two attached hydrogens (primary N) is 1. The van der Waals surface area contributed by atoms with Gasteiger partial charge in [-0.1, -0.05) is 12.1 Å². The largest absolute Gasteiger partial charge is 0.483 e. The van der Waals surface area contributed by atoms with Gasteiger partial charge in [0.2, 0.25) is 0 Å². The molecule has 0 bridgehead atoms. The first-order valence-corrected chi connectivity index (χ1v) is 5.24. The molecule has 2 rings (SSSR count). The van der Waals surface area contributed by atoms with Crippen LogP contribution in [0.25, 0.3) is 0 Å². The number of Topliss-reactive ketones (excluding diaryl/α,β-unsaturated/α-hetero) is 1. The Balaban J connectivity index is 2.29. The molecule has 0 radical (unpaired) electrons. The molecular weight excluding hydrogens is 206 g/mol. The maximum Gasteiger partial charge on any atom is 0.255 e. The molecule has 1 aromatic carbocycles. The summed E-state index contributed by atoms with van der Waals surface area (Å²) in [4.78, 5) is 22.3. The Kier molecular flexibility index (Phi) is 2.90. The van der Waals surface area contributed by atoms with E-state index >= 15 is 0 Å². The van der Waals surface area contributed by atoms with Crippen molar-refractivity contribution in [3.63, 3.8) is 0 Å². The second-order valence-corrected chi connectivity index (χ2v) is 3.81. The van der Waals surface area contributed by atoms with E-state index < -0.39 is 5.91 Å². The highest BCUT2D eigenvalue weighted by Crippen LogP contribution is 2.29. The first-order chi connectivity index (χ1) is 7.68. The quantitative estimate of drug-likeness (QED) is 0.826. The molecule has 4 nitrogen and oxygen atoms in total. The Hall–Kier alpha value is -1.84. The molecule has 0 fully saturated rings. The smallest absolute Gasteiger partial charge is 0.255 e. The third kappa shape index (κ3) is 2.05. The van der Waals surface area contributed by atoms with E-state index in [0.29, 0.717) is 17.7 Å². The van der Waals surface area contributed by atoms with Crippen molar-refractivity contribution in [1.82, 2.24) is 0 Å². The molecular formula is C12H13NO3. The highest BCUT2D eigenvalue weighted by Gasteiger charge is 2.20. The second-order valence-electron chi connectivity index (χ2n) is 3.81. The van der Waals surface area contributed by atoms with E-state index in [1.165, 1.54) is 0 Å². The number of benzene rings is 1. The van der Waals surface area contributed by atoms with E-state index in [1.54, 1.807) is 18.2 Å². The summed E-state index contributed by atoms with van der Waals surface area (Å²) in [5, 5.41) is 0. The monoisotopic (exact) mass is 219 g/mol. The van der Waals surface area contributed by atoms with Crippen molar-refractivity contribution >= 4 is 11.7 Å². The molecule has 2 N–H and O–H groups in total. The van der Waals surface area contributed by atoms with Crippen molar-refractivity contribution in [2.45, 2.75) is 19.3 Å². The molecule has 0 heterocycles. The summed E-state index contributed by atoms with van der Waals surface area (Å²) in [5.74, 6) is 0.231. The van der Waals surface area contributed by atoms with E-state index in [2.05, 4.69) is 0 Å². The summed E-state index contributed by atoms with van der Waals surface area (Å²) >= 11 is 0. The normalized spacial score (nSPS) is 14.4.